The molecule has 0 aliphatic carbocycles. The van der Waals surface area contributed by atoms with Gasteiger partial charge in [0.2, 0.25) is 0 Å². The van der Waals surface area contributed by atoms with Crippen molar-refractivity contribution in [1.29, 1.82) is 0 Å². The second kappa shape index (κ2) is 4.09. The van der Waals surface area contributed by atoms with Crippen molar-refractivity contribution >= 4 is 5.78 Å². The summed E-state index contributed by atoms with van der Waals surface area (Å²) in [5.74, 6) is -0.836. The lowest BCUT2D eigenvalue weighted by Gasteiger charge is -2.08. The molecule has 70 valence electrons. The van der Waals surface area contributed by atoms with Crippen LogP contribution < -0.4 is 5.32 Å². The number of pyridine rings is 1. The lowest BCUT2D eigenvalue weighted by Crippen LogP contribution is -2.31. The van der Waals surface area contributed by atoms with Crippen LogP contribution in [0.3, 0.4) is 0 Å². The van der Waals surface area contributed by atoms with Gasteiger partial charge in [0.1, 0.15) is 0 Å². The lowest BCUT2D eigenvalue weighted by atomic mass is 10.1. The van der Waals surface area contributed by atoms with Crippen molar-refractivity contribution in [3.8, 4) is 0 Å². The van der Waals surface area contributed by atoms with Crippen molar-refractivity contribution in [2.24, 2.45) is 0 Å². The van der Waals surface area contributed by atoms with E-state index in [0.29, 0.717) is 0 Å². The number of ketones is 1. The highest BCUT2D eigenvalue weighted by Gasteiger charge is 2.16. The number of nitrogens with zero attached hydrogens (tertiary/aromatic N) is 1. The van der Waals surface area contributed by atoms with Crippen LogP contribution in [0.15, 0.2) is 18.5 Å². The Morgan fingerprint density at radius 2 is 2.38 bits per heavy atom. The van der Waals surface area contributed by atoms with E-state index in [4.69, 9.17) is 0 Å². The van der Waals surface area contributed by atoms with Crippen LogP contribution >= 0.6 is 0 Å². The van der Waals surface area contributed by atoms with E-state index in [0.717, 1.165) is 6.20 Å². The van der Waals surface area contributed by atoms with Gasteiger partial charge < -0.3 is 5.32 Å². The summed E-state index contributed by atoms with van der Waals surface area (Å²) in [6.07, 6.45) is 2.44. The second-order valence-electron chi connectivity index (χ2n) is 2.73. The molecule has 0 aliphatic heterocycles. The van der Waals surface area contributed by atoms with Gasteiger partial charge in [-0.25, -0.2) is 4.39 Å². The first kappa shape index (κ1) is 9.80. The first-order chi connectivity index (χ1) is 6.16. The zero-order chi connectivity index (χ0) is 9.84. The molecule has 0 aromatic carbocycles. The van der Waals surface area contributed by atoms with Crippen LogP contribution in [-0.4, -0.2) is 23.9 Å². The molecule has 4 heteroatoms. The Balaban J connectivity index is 2.95. The van der Waals surface area contributed by atoms with Crippen molar-refractivity contribution in [1.82, 2.24) is 10.3 Å². The maximum absolute atomic E-state index is 13.0. The Hall–Kier alpha value is -1.29. The average molecular weight is 182 g/mol. The molecule has 1 aromatic rings. The average Bonchev–Trinajstić information content (AvgIpc) is 2.16. The molecule has 1 rings (SSSR count). The number of aromatic nitrogens is 1. The van der Waals surface area contributed by atoms with E-state index in [2.05, 4.69) is 10.3 Å². The molecule has 0 aliphatic rings. The second-order valence-corrected chi connectivity index (χ2v) is 2.73. The van der Waals surface area contributed by atoms with Crippen LogP contribution in [0.2, 0.25) is 0 Å². The maximum atomic E-state index is 13.0. The van der Waals surface area contributed by atoms with Crippen LogP contribution in [0, 0.1) is 5.82 Å². The van der Waals surface area contributed by atoms with Crippen LogP contribution in [0.5, 0.6) is 0 Å². The molecule has 1 N–H and O–H groups in total. The fourth-order valence-corrected chi connectivity index (χ4v) is 0.939. The summed E-state index contributed by atoms with van der Waals surface area (Å²) in [5.41, 5.74) is 0.0804. The van der Waals surface area contributed by atoms with E-state index in [9.17, 15) is 9.18 Å². The summed E-state index contributed by atoms with van der Waals surface area (Å²) >= 11 is 0. The summed E-state index contributed by atoms with van der Waals surface area (Å²) in [5, 5.41) is 2.75. The Morgan fingerprint density at radius 1 is 1.69 bits per heavy atom. The molecule has 0 spiro atoms. The van der Waals surface area contributed by atoms with Crippen molar-refractivity contribution in [3.63, 3.8) is 0 Å². The first-order valence-corrected chi connectivity index (χ1v) is 3.97. The smallest absolute Gasteiger partial charge is 0.182 e. The Morgan fingerprint density at radius 3 is 2.92 bits per heavy atom. The highest BCUT2D eigenvalue weighted by molar-refractivity contribution is 5.99. The molecular formula is C9H11FN2O. The number of hydrogen-bond donors (Lipinski definition) is 1. The molecule has 3 nitrogen and oxygen atoms in total. The van der Waals surface area contributed by atoms with Crippen LogP contribution in [0.25, 0.3) is 0 Å². The number of nitrogens with one attached hydrogen (secondary N) is 1. The summed E-state index contributed by atoms with van der Waals surface area (Å²) in [7, 11) is 1.65. The Bertz CT molecular complexity index is 314. The molecule has 1 heterocycles. The van der Waals surface area contributed by atoms with Crippen LogP contribution in [-0.2, 0) is 0 Å². The molecule has 13 heavy (non-hydrogen) atoms. The van der Waals surface area contributed by atoms with Crippen molar-refractivity contribution in [2.75, 3.05) is 7.05 Å². The van der Waals surface area contributed by atoms with Crippen molar-refractivity contribution in [2.45, 2.75) is 13.0 Å². The zero-order valence-electron chi connectivity index (χ0n) is 7.54. The monoisotopic (exact) mass is 182 g/mol. The minimum absolute atomic E-state index is 0.0804. The highest BCUT2D eigenvalue weighted by Crippen LogP contribution is 2.07. The quantitative estimate of drug-likeness (QED) is 0.709. The fourth-order valence-electron chi connectivity index (χ4n) is 0.939. The number of carbonyl (C=O) groups excluding carboxylic acids is 1. The van der Waals surface area contributed by atoms with E-state index < -0.39 is 5.82 Å². The van der Waals surface area contributed by atoms with Gasteiger partial charge in [-0.3, -0.25) is 9.78 Å². The maximum Gasteiger partial charge on any atom is 0.182 e. The first-order valence-electron chi connectivity index (χ1n) is 3.97. The van der Waals surface area contributed by atoms with Crippen LogP contribution in [0.1, 0.15) is 17.3 Å². The van der Waals surface area contributed by atoms with Crippen molar-refractivity contribution in [3.05, 3.63) is 29.8 Å². The zero-order valence-corrected chi connectivity index (χ0v) is 7.54. The molecule has 0 amide bonds. The van der Waals surface area contributed by atoms with Gasteiger partial charge in [-0.05, 0) is 20.0 Å². The van der Waals surface area contributed by atoms with Gasteiger partial charge in [0.25, 0.3) is 0 Å². The van der Waals surface area contributed by atoms with Gasteiger partial charge >= 0.3 is 0 Å². The van der Waals surface area contributed by atoms with Crippen LogP contribution in [0.4, 0.5) is 4.39 Å². The Labute approximate surface area is 76.0 Å². The standard InChI is InChI=1S/C9H11FN2O/c1-6(11-2)9(13)7-3-4-12-5-8(7)10/h3-6,11H,1-2H3. The summed E-state index contributed by atoms with van der Waals surface area (Å²) in [6, 6.07) is 1.00. The largest absolute Gasteiger partial charge is 0.310 e. The van der Waals surface area contributed by atoms with E-state index in [-0.39, 0.29) is 17.4 Å². The Kier molecular flexibility index (Phi) is 3.08. The molecule has 0 bridgehead atoms. The molecular weight excluding hydrogens is 171 g/mol. The molecule has 1 aromatic heterocycles. The van der Waals surface area contributed by atoms with Gasteiger partial charge in [0, 0.05) is 6.20 Å². The highest BCUT2D eigenvalue weighted by atomic mass is 19.1. The van der Waals surface area contributed by atoms with Gasteiger partial charge in [0.05, 0.1) is 17.8 Å². The summed E-state index contributed by atoms with van der Waals surface area (Å²) < 4.78 is 13.0. The van der Waals surface area contributed by atoms with Gasteiger partial charge in [-0.1, -0.05) is 0 Å². The molecule has 0 fully saturated rings. The number of halogens is 1. The number of carbonyl (C=O) groups is 1. The topological polar surface area (TPSA) is 42.0 Å². The normalized spacial score (nSPS) is 12.5. The van der Waals surface area contributed by atoms with Gasteiger partial charge in [-0.15, -0.1) is 0 Å². The third kappa shape index (κ3) is 2.09. The SMILES string of the molecule is CNC(C)C(=O)c1ccncc1F. The van der Waals surface area contributed by atoms with E-state index in [1.54, 1.807) is 14.0 Å². The summed E-state index contributed by atoms with van der Waals surface area (Å²) in [6.45, 7) is 1.68. The minimum atomic E-state index is -0.574. The fraction of sp³-hybridized carbons (Fsp3) is 0.333. The predicted octanol–water partition coefficient (Wildman–Crippen LogP) is 1.01. The predicted molar refractivity (Wildman–Crippen MR) is 47.0 cm³/mol. The molecule has 0 radical (unpaired) electrons. The third-order valence-electron chi connectivity index (χ3n) is 1.86. The molecule has 1 atom stereocenters. The number of rotatable bonds is 3. The third-order valence-corrected chi connectivity index (χ3v) is 1.86. The lowest BCUT2D eigenvalue weighted by molar-refractivity contribution is 0.0951. The van der Waals surface area contributed by atoms with Crippen molar-refractivity contribution < 1.29 is 9.18 Å². The molecule has 0 saturated carbocycles. The number of hydrogen-bond acceptors (Lipinski definition) is 3. The van der Waals surface area contributed by atoms with Gasteiger partial charge in [0.15, 0.2) is 11.6 Å². The van der Waals surface area contributed by atoms with E-state index in [1.807, 2.05) is 0 Å². The molecule has 0 saturated heterocycles. The summed E-state index contributed by atoms with van der Waals surface area (Å²) in [4.78, 5) is 15.0. The minimum Gasteiger partial charge on any atom is -0.310 e. The van der Waals surface area contributed by atoms with E-state index >= 15 is 0 Å². The van der Waals surface area contributed by atoms with E-state index in [1.165, 1.54) is 12.3 Å². The number of likely N-dealkylation sites (N-methyl/N-ethyl adjacent to an activating group) is 1. The number of Topliss-reactive ketones (excluding diaryl/α,β-unsaturated/α-hetero) is 1. The molecule has 1 unspecified atom stereocenters. The van der Waals surface area contributed by atoms with Gasteiger partial charge in [-0.2, -0.15) is 0 Å².